The van der Waals surface area contributed by atoms with Gasteiger partial charge in [0.25, 0.3) is 0 Å². The van der Waals surface area contributed by atoms with Gasteiger partial charge in [0, 0.05) is 11.6 Å². The first-order chi connectivity index (χ1) is 8.49. The molecule has 18 heavy (non-hydrogen) atoms. The quantitative estimate of drug-likeness (QED) is 0.626. The van der Waals surface area contributed by atoms with E-state index < -0.39 is 0 Å². The van der Waals surface area contributed by atoms with E-state index in [4.69, 9.17) is 10.6 Å². The van der Waals surface area contributed by atoms with Crippen molar-refractivity contribution in [2.45, 2.75) is 32.4 Å². The third kappa shape index (κ3) is 4.02. The lowest BCUT2D eigenvalue weighted by Crippen LogP contribution is -2.48. The van der Waals surface area contributed by atoms with Gasteiger partial charge >= 0.3 is 0 Å². The summed E-state index contributed by atoms with van der Waals surface area (Å²) in [5, 5.41) is 0. The van der Waals surface area contributed by atoms with Crippen LogP contribution in [0.3, 0.4) is 0 Å². The first-order valence-corrected chi connectivity index (χ1v) is 6.71. The molecule has 0 heterocycles. The number of hydrogen-bond donors (Lipinski definition) is 2. The lowest BCUT2D eigenvalue weighted by atomic mass is 9.94. The Bertz CT molecular complexity index is 387. The molecule has 0 saturated heterocycles. The third-order valence-electron chi connectivity index (χ3n) is 2.99. The molecule has 1 aromatic carbocycles. The van der Waals surface area contributed by atoms with Gasteiger partial charge in [-0.25, -0.2) is 4.39 Å². The summed E-state index contributed by atoms with van der Waals surface area (Å²) in [5.74, 6) is 5.68. The lowest BCUT2D eigenvalue weighted by Gasteiger charge is -2.28. The number of nitrogens with two attached hydrogens (primary N) is 1. The van der Waals surface area contributed by atoms with E-state index in [0.717, 1.165) is 10.0 Å². The lowest BCUT2D eigenvalue weighted by molar-refractivity contribution is 0.0332. The topological polar surface area (TPSA) is 47.3 Å². The average Bonchev–Trinajstić information content (AvgIpc) is 2.31. The predicted octanol–water partition coefficient (Wildman–Crippen LogP) is 2.63. The number of hydrazine groups is 1. The minimum Gasteiger partial charge on any atom is -0.380 e. The van der Waals surface area contributed by atoms with E-state index in [0.29, 0.717) is 12.3 Å². The molecule has 5 heteroatoms. The predicted molar refractivity (Wildman–Crippen MR) is 74.6 cm³/mol. The van der Waals surface area contributed by atoms with E-state index in [9.17, 15) is 4.39 Å². The summed E-state index contributed by atoms with van der Waals surface area (Å²) >= 11 is 3.36. The molecule has 1 aromatic rings. The summed E-state index contributed by atoms with van der Waals surface area (Å²) < 4.78 is 19.2. The van der Waals surface area contributed by atoms with Crippen molar-refractivity contribution in [1.82, 2.24) is 5.43 Å². The van der Waals surface area contributed by atoms with Crippen molar-refractivity contribution in [2.24, 2.45) is 11.8 Å². The van der Waals surface area contributed by atoms with Crippen LogP contribution in [0, 0.1) is 11.7 Å². The number of halogens is 2. The van der Waals surface area contributed by atoms with Gasteiger partial charge in [0.2, 0.25) is 0 Å². The van der Waals surface area contributed by atoms with Crippen LogP contribution in [-0.2, 0) is 11.2 Å². The normalized spacial score (nSPS) is 14.8. The van der Waals surface area contributed by atoms with Crippen molar-refractivity contribution in [3.63, 3.8) is 0 Å². The fourth-order valence-corrected chi connectivity index (χ4v) is 2.61. The second-order valence-electron chi connectivity index (χ2n) is 4.66. The van der Waals surface area contributed by atoms with Crippen LogP contribution in [0.2, 0.25) is 0 Å². The maximum absolute atomic E-state index is 13.0. The molecule has 3 nitrogen and oxygen atoms in total. The molecule has 0 aliphatic heterocycles. The zero-order chi connectivity index (χ0) is 13.7. The summed E-state index contributed by atoms with van der Waals surface area (Å²) in [4.78, 5) is 0. The standard InChI is InChI=1S/C13H20BrFN2O/c1-8(2)13(18-3)12(17-16)6-9-4-5-10(15)7-11(9)14/h4-5,7-8,12-13,17H,6,16H2,1-3H3. The number of rotatable bonds is 6. The maximum Gasteiger partial charge on any atom is 0.124 e. The van der Waals surface area contributed by atoms with Crippen molar-refractivity contribution in [1.29, 1.82) is 0 Å². The molecule has 0 aliphatic rings. The van der Waals surface area contributed by atoms with Crippen LogP contribution in [0.4, 0.5) is 4.39 Å². The molecule has 2 unspecified atom stereocenters. The summed E-state index contributed by atoms with van der Waals surface area (Å²) in [5.41, 5.74) is 3.79. The van der Waals surface area contributed by atoms with Gasteiger partial charge in [-0.3, -0.25) is 11.3 Å². The Balaban J connectivity index is 2.85. The van der Waals surface area contributed by atoms with E-state index in [1.54, 1.807) is 13.2 Å². The van der Waals surface area contributed by atoms with Gasteiger partial charge in [-0.05, 0) is 30.0 Å². The zero-order valence-electron chi connectivity index (χ0n) is 10.9. The van der Waals surface area contributed by atoms with E-state index in [-0.39, 0.29) is 18.0 Å². The highest BCUT2D eigenvalue weighted by Crippen LogP contribution is 2.22. The van der Waals surface area contributed by atoms with Crippen molar-refractivity contribution < 1.29 is 9.13 Å². The molecule has 0 fully saturated rings. The summed E-state index contributed by atoms with van der Waals surface area (Å²) in [6.07, 6.45) is 0.681. The molecule has 2 atom stereocenters. The molecule has 0 saturated carbocycles. The first-order valence-electron chi connectivity index (χ1n) is 5.92. The summed E-state index contributed by atoms with van der Waals surface area (Å²) in [6, 6.07) is 4.65. The molecular formula is C13H20BrFN2O. The molecular weight excluding hydrogens is 299 g/mol. The molecule has 0 radical (unpaired) electrons. The van der Waals surface area contributed by atoms with E-state index >= 15 is 0 Å². The second kappa shape index (κ2) is 7.19. The number of nitrogens with one attached hydrogen (secondary N) is 1. The van der Waals surface area contributed by atoms with Gasteiger partial charge in [-0.2, -0.15) is 0 Å². The van der Waals surface area contributed by atoms with Gasteiger partial charge in [0.1, 0.15) is 5.82 Å². The SMILES string of the molecule is COC(C(C)C)C(Cc1ccc(F)cc1Br)NN. The van der Waals surface area contributed by atoms with Gasteiger partial charge < -0.3 is 4.74 Å². The molecule has 1 rings (SSSR count). The monoisotopic (exact) mass is 318 g/mol. The fourth-order valence-electron chi connectivity index (χ4n) is 2.10. The Morgan fingerprint density at radius 1 is 1.44 bits per heavy atom. The maximum atomic E-state index is 13.0. The zero-order valence-corrected chi connectivity index (χ0v) is 12.5. The van der Waals surface area contributed by atoms with Crippen LogP contribution in [-0.4, -0.2) is 19.3 Å². The van der Waals surface area contributed by atoms with Crippen LogP contribution >= 0.6 is 15.9 Å². The Labute approximate surface area is 116 Å². The van der Waals surface area contributed by atoms with Gasteiger partial charge in [0.15, 0.2) is 0 Å². The molecule has 0 spiro atoms. The summed E-state index contributed by atoms with van der Waals surface area (Å²) in [7, 11) is 1.68. The van der Waals surface area contributed by atoms with Crippen LogP contribution in [0.25, 0.3) is 0 Å². The smallest absolute Gasteiger partial charge is 0.124 e. The van der Waals surface area contributed by atoms with Gasteiger partial charge in [-0.15, -0.1) is 0 Å². The van der Waals surface area contributed by atoms with Crippen LogP contribution in [0.1, 0.15) is 19.4 Å². The summed E-state index contributed by atoms with van der Waals surface area (Å²) in [6.45, 7) is 4.16. The minimum absolute atomic E-state index is 0.00644. The first kappa shape index (κ1) is 15.6. The molecule has 0 amide bonds. The molecule has 0 aromatic heterocycles. The van der Waals surface area contributed by atoms with E-state index in [2.05, 4.69) is 35.2 Å². The van der Waals surface area contributed by atoms with Crippen LogP contribution in [0.15, 0.2) is 22.7 Å². The highest BCUT2D eigenvalue weighted by Gasteiger charge is 2.24. The molecule has 0 aliphatic carbocycles. The van der Waals surface area contributed by atoms with Gasteiger partial charge in [-0.1, -0.05) is 35.8 Å². The Hall–Kier alpha value is -0.490. The number of ether oxygens (including phenoxy) is 1. The molecule has 3 N–H and O–H groups in total. The van der Waals surface area contributed by atoms with Crippen molar-refractivity contribution in [3.05, 3.63) is 34.1 Å². The van der Waals surface area contributed by atoms with E-state index in [1.165, 1.54) is 12.1 Å². The van der Waals surface area contributed by atoms with Gasteiger partial charge in [0.05, 0.1) is 12.1 Å². The Kier molecular flexibility index (Phi) is 6.21. The molecule has 102 valence electrons. The van der Waals surface area contributed by atoms with Crippen LogP contribution < -0.4 is 11.3 Å². The number of methoxy groups -OCH3 is 1. The fraction of sp³-hybridized carbons (Fsp3) is 0.538. The molecule has 0 bridgehead atoms. The Morgan fingerprint density at radius 2 is 2.11 bits per heavy atom. The number of hydrogen-bond acceptors (Lipinski definition) is 3. The van der Waals surface area contributed by atoms with Crippen LogP contribution in [0.5, 0.6) is 0 Å². The highest BCUT2D eigenvalue weighted by molar-refractivity contribution is 9.10. The second-order valence-corrected chi connectivity index (χ2v) is 5.51. The van der Waals surface area contributed by atoms with Crippen molar-refractivity contribution >= 4 is 15.9 Å². The van der Waals surface area contributed by atoms with Crippen molar-refractivity contribution in [3.8, 4) is 0 Å². The third-order valence-corrected chi connectivity index (χ3v) is 3.73. The number of benzene rings is 1. The van der Waals surface area contributed by atoms with E-state index in [1.807, 2.05) is 0 Å². The Morgan fingerprint density at radius 3 is 2.56 bits per heavy atom. The van der Waals surface area contributed by atoms with Crippen molar-refractivity contribution in [2.75, 3.05) is 7.11 Å². The minimum atomic E-state index is -0.255. The average molecular weight is 319 g/mol. The highest BCUT2D eigenvalue weighted by atomic mass is 79.9. The largest absolute Gasteiger partial charge is 0.380 e.